The maximum absolute atomic E-state index is 13.2. The molecule has 13 heteroatoms. The molecule has 4 rings (SSSR count). The van der Waals surface area contributed by atoms with Gasteiger partial charge in [-0.2, -0.15) is 15.3 Å². The lowest BCUT2D eigenvalue weighted by atomic mass is 10.2. The van der Waals surface area contributed by atoms with Crippen molar-refractivity contribution in [2.45, 2.75) is 38.3 Å². The smallest absolute Gasteiger partial charge is 0.283 e. The molecule has 3 heterocycles. The molecule has 0 radical (unpaired) electrons. The molecule has 32 heavy (non-hydrogen) atoms. The zero-order valence-corrected chi connectivity index (χ0v) is 18.1. The lowest BCUT2D eigenvalue weighted by Gasteiger charge is -2.10. The van der Waals surface area contributed by atoms with Gasteiger partial charge in [-0.1, -0.05) is 11.6 Å². The Bertz CT molecular complexity index is 1160. The number of rotatable bonds is 8. The van der Waals surface area contributed by atoms with E-state index in [1.54, 1.807) is 31.2 Å². The summed E-state index contributed by atoms with van der Waals surface area (Å²) in [6.07, 6.45) is 3.52. The predicted octanol–water partition coefficient (Wildman–Crippen LogP) is 2.39. The Morgan fingerprint density at radius 1 is 1.25 bits per heavy atom. The fraction of sp³-hybridized carbons (Fsp3) is 0.421. The standard InChI is InChI=1S/C19H21ClF2N8O2/c1-28-8-10(6-24-28)5-23-19(32)17-12(7-25-29(17)2)26-13(31)9-30-16(11-3-4-11)14(20)15(27-30)18(21)22/h6-8,11,18H,3-5,9H2,1-2H3,(H,23,32)(H,26,31). The second-order valence-electron chi connectivity index (χ2n) is 7.60. The van der Waals surface area contributed by atoms with Crippen LogP contribution in [0.25, 0.3) is 0 Å². The van der Waals surface area contributed by atoms with Gasteiger partial charge in [0, 0.05) is 38.3 Å². The number of carbonyl (C=O) groups excluding carboxylic acids is 2. The molecule has 0 saturated heterocycles. The Hall–Kier alpha value is -3.28. The van der Waals surface area contributed by atoms with Crippen molar-refractivity contribution in [1.82, 2.24) is 34.7 Å². The van der Waals surface area contributed by atoms with Gasteiger partial charge in [0.1, 0.15) is 17.9 Å². The van der Waals surface area contributed by atoms with Crippen LogP contribution in [0.3, 0.4) is 0 Å². The first kappa shape index (κ1) is 21.9. The maximum atomic E-state index is 13.2. The zero-order valence-electron chi connectivity index (χ0n) is 17.3. The van der Waals surface area contributed by atoms with Crippen molar-refractivity contribution in [2.75, 3.05) is 5.32 Å². The van der Waals surface area contributed by atoms with Crippen molar-refractivity contribution in [3.63, 3.8) is 0 Å². The monoisotopic (exact) mass is 466 g/mol. The molecule has 2 amide bonds. The molecule has 10 nitrogen and oxygen atoms in total. The fourth-order valence-corrected chi connectivity index (χ4v) is 3.80. The van der Waals surface area contributed by atoms with Gasteiger partial charge in [0.15, 0.2) is 0 Å². The highest BCUT2D eigenvalue weighted by Gasteiger charge is 2.34. The molecule has 0 aliphatic heterocycles. The van der Waals surface area contributed by atoms with Gasteiger partial charge in [0.25, 0.3) is 12.3 Å². The second kappa shape index (κ2) is 8.69. The summed E-state index contributed by atoms with van der Waals surface area (Å²) in [6.45, 7) is -0.0674. The summed E-state index contributed by atoms with van der Waals surface area (Å²) in [7, 11) is 3.34. The molecular formula is C19H21ClF2N8O2. The number of aromatic nitrogens is 6. The number of hydrogen-bond donors (Lipinski definition) is 2. The van der Waals surface area contributed by atoms with E-state index in [1.165, 1.54) is 15.6 Å². The third kappa shape index (κ3) is 4.49. The molecule has 3 aromatic heterocycles. The number of aryl methyl sites for hydroxylation is 2. The first-order valence-corrected chi connectivity index (χ1v) is 10.2. The molecule has 1 fully saturated rings. The summed E-state index contributed by atoms with van der Waals surface area (Å²) < 4.78 is 30.6. The summed E-state index contributed by atoms with van der Waals surface area (Å²) in [5, 5.41) is 17.2. The Balaban J connectivity index is 1.46. The molecule has 0 spiro atoms. The predicted molar refractivity (Wildman–Crippen MR) is 110 cm³/mol. The van der Waals surface area contributed by atoms with Gasteiger partial charge in [-0.25, -0.2) is 8.78 Å². The largest absolute Gasteiger partial charge is 0.346 e. The van der Waals surface area contributed by atoms with Crippen molar-refractivity contribution in [1.29, 1.82) is 0 Å². The second-order valence-corrected chi connectivity index (χ2v) is 7.98. The van der Waals surface area contributed by atoms with E-state index >= 15 is 0 Å². The number of carbonyl (C=O) groups is 2. The molecule has 0 atom stereocenters. The number of alkyl halides is 2. The van der Waals surface area contributed by atoms with Crippen molar-refractivity contribution in [3.05, 3.63) is 46.3 Å². The van der Waals surface area contributed by atoms with Crippen LogP contribution in [0.2, 0.25) is 5.02 Å². The van der Waals surface area contributed by atoms with E-state index in [1.807, 2.05) is 0 Å². The van der Waals surface area contributed by atoms with Gasteiger partial charge in [0.05, 0.1) is 28.8 Å². The highest BCUT2D eigenvalue weighted by atomic mass is 35.5. The van der Waals surface area contributed by atoms with E-state index in [0.717, 1.165) is 18.4 Å². The summed E-state index contributed by atoms with van der Waals surface area (Å²) in [4.78, 5) is 25.3. The average Bonchev–Trinajstić information content (AvgIpc) is 3.24. The van der Waals surface area contributed by atoms with Crippen LogP contribution in [0, 0.1) is 0 Å². The van der Waals surface area contributed by atoms with Crippen LogP contribution < -0.4 is 10.6 Å². The van der Waals surface area contributed by atoms with Crippen molar-refractivity contribution >= 4 is 29.1 Å². The number of nitrogens with one attached hydrogen (secondary N) is 2. The number of halogens is 3. The molecule has 2 N–H and O–H groups in total. The summed E-state index contributed by atoms with van der Waals surface area (Å²) >= 11 is 6.09. The Kier molecular flexibility index (Phi) is 5.96. The van der Waals surface area contributed by atoms with Crippen LogP contribution in [-0.2, 0) is 32.0 Å². The lowest BCUT2D eigenvalue weighted by Crippen LogP contribution is -2.27. The Labute approximate surface area is 186 Å². The third-order valence-corrected chi connectivity index (χ3v) is 5.45. The van der Waals surface area contributed by atoms with Crippen LogP contribution in [0.1, 0.15) is 52.6 Å². The maximum Gasteiger partial charge on any atom is 0.283 e. The molecular weight excluding hydrogens is 446 g/mol. The first-order valence-electron chi connectivity index (χ1n) is 9.86. The van der Waals surface area contributed by atoms with Gasteiger partial charge >= 0.3 is 0 Å². The molecule has 1 saturated carbocycles. The van der Waals surface area contributed by atoms with Gasteiger partial charge in [-0.3, -0.25) is 23.6 Å². The molecule has 0 bridgehead atoms. The highest BCUT2D eigenvalue weighted by Crippen LogP contribution is 2.45. The molecule has 170 valence electrons. The third-order valence-electron chi connectivity index (χ3n) is 5.06. The Morgan fingerprint density at radius 3 is 2.62 bits per heavy atom. The Morgan fingerprint density at radius 2 is 2.00 bits per heavy atom. The van der Waals surface area contributed by atoms with E-state index in [2.05, 4.69) is 25.9 Å². The van der Waals surface area contributed by atoms with Crippen LogP contribution in [0.4, 0.5) is 14.5 Å². The minimum absolute atomic E-state index is 0.0162. The van der Waals surface area contributed by atoms with Crippen molar-refractivity contribution < 1.29 is 18.4 Å². The summed E-state index contributed by atoms with van der Waals surface area (Å²) in [6, 6.07) is 0. The van der Waals surface area contributed by atoms with E-state index in [0.29, 0.717) is 5.69 Å². The van der Waals surface area contributed by atoms with Crippen molar-refractivity contribution in [3.8, 4) is 0 Å². The molecule has 3 aromatic rings. The zero-order chi connectivity index (χ0) is 23.0. The fourth-order valence-electron chi connectivity index (χ4n) is 3.43. The SMILES string of the molecule is Cn1cc(CNC(=O)c2c(NC(=O)Cn3nc(C(F)F)c(Cl)c3C3CC3)cnn2C)cn1. The highest BCUT2D eigenvalue weighted by molar-refractivity contribution is 6.32. The molecule has 1 aliphatic carbocycles. The van der Waals surface area contributed by atoms with E-state index < -0.39 is 23.9 Å². The van der Waals surface area contributed by atoms with Crippen LogP contribution in [0.15, 0.2) is 18.6 Å². The van der Waals surface area contributed by atoms with Crippen LogP contribution in [-0.4, -0.2) is 41.2 Å². The normalized spacial score (nSPS) is 13.6. The minimum atomic E-state index is -2.84. The number of amides is 2. The van der Waals surface area contributed by atoms with E-state index in [-0.39, 0.29) is 35.4 Å². The number of anilines is 1. The summed E-state index contributed by atoms with van der Waals surface area (Å²) in [5.74, 6) is -0.964. The molecule has 0 unspecified atom stereocenters. The average molecular weight is 467 g/mol. The first-order chi connectivity index (χ1) is 15.2. The molecule has 0 aromatic carbocycles. The van der Waals surface area contributed by atoms with E-state index in [4.69, 9.17) is 11.6 Å². The molecule has 1 aliphatic rings. The van der Waals surface area contributed by atoms with Gasteiger partial charge < -0.3 is 10.6 Å². The quantitative estimate of drug-likeness (QED) is 0.529. The topological polar surface area (TPSA) is 112 Å². The van der Waals surface area contributed by atoms with Crippen LogP contribution in [0.5, 0.6) is 0 Å². The van der Waals surface area contributed by atoms with E-state index in [9.17, 15) is 18.4 Å². The van der Waals surface area contributed by atoms with Crippen LogP contribution >= 0.6 is 11.6 Å². The lowest BCUT2D eigenvalue weighted by molar-refractivity contribution is -0.117. The number of hydrogen-bond acceptors (Lipinski definition) is 5. The van der Waals surface area contributed by atoms with Gasteiger partial charge in [-0.05, 0) is 12.8 Å². The summed E-state index contributed by atoms with van der Waals surface area (Å²) in [5.41, 5.74) is 1.07. The van der Waals surface area contributed by atoms with Crippen molar-refractivity contribution in [2.24, 2.45) is 14.1 Å². The van der Waals surface area contributed by atoms with Gasteiger partial charge in [-0.15, -0.1) is 0 Å². The minimum Gasteiger partial charge on any atom is -0.346 e. The van der Waals surface area contributed by atoms with Gasteiger partial charge in [0.2, 0.25) is 5.91 Å². The number of nitrogens with zero attached hydrogens (tertiary/aromatic N) is 6.